The first-order valence-corrected chi connectivity index (χ1v) is 7.33. The van der Waals surface area contributed by atoms with Crippen LogP contribution in [0.3, 0.4) is 0 Å². The van der Waals surface area contributed by atoms with Crippen LogP contribution in [0.4, 0.5) is 0 Å². The first kappa shape index (κ1) is 15.5. The van der Waals surface area contributed by atoms with Crippen molar-refractivity contribution >= 4 is 17.4 Å². The number of Topliss-reactive ketones (excluding diaryl/α,β-unsaturated/α-hetero) is 1. The predicted molar refractivity (Wildman–Crippen MR) is 76.0 cm³/mol. The summed E-state index contributed by atoms with van der Waals surface area (Å²) >= 11 is 6.07. The molecule has 0 amide bonds. The van der Waals surface area contributed by atoms with Crippen LogP contribution in [0.15, 0.2) is 6.20 Å². The maximum atomic E-state index is 12.7. The second kappa shape index (κ2) is 6.24. The Morgan fingerprint density at radius 3 is 2.85 bits per heavy atom. The molecule has 1 aliphatic carbocycles. The maximum Gasteiger partial charge on any atom is 0.213 e. The molecule has 1 aromatic rings. The van der Waals surface area contributed by atoms with E-state index in [0.717, 1.165) is 12.8 Å². The van der Waals surface area contributed by atoms with Gasteiger partial charge in [-0.2, -0.15) is 5.10 Å². The van der Waals surface area contributed by atoms with E-state index in [4.69, 9.17) is 16.3 Å². The smallest absolute Gasteiger partial charge is 0.213 e. The summed E-state index contributed by atoms with van der Waals surface area (Å²) in [5, 5.41) is 15.0. The van der Waals surface area contributed by atoms with Crippen molar-refractivity contribution in [2.24, 2.45) is 5.92 Å². The van der Waals surface area contributed by atoms with E-state index in [1.54, 1.807) is 7.11 Å². The molecule has 0 unspecified atom stereocenters. The average Bonchev–Trinajstić information content (AvgIpc) is 2.80. The predicted octanol–water partition coefficient (Wildman–Crippen LogP) is 2.31. The van der Waals surface area contributed by atoms with E-state index < -0.39 is 5.60 Å². The lowest BCUT2D eigenvalue weighted by Gasteiger charge is -2.33. The van der Waals surface area contributed by atoms with Gasteiger partial charge in [-0.25, -0.2) is 0 Å². The van der Waals surface area contributed by atoms with Gasteiger partial charge in [0.1, 0.15) is 11.3 Å². The third-order valence-corrected chi connectivity index (χ3v) is 4.32. The molecular weight excluding hydrogens is 280 g/mol. The first-order chi connectivity index (χ1) is 9.48. The van der Waals surface area contributed by atoms with Gasteiger partial charge in [0.05, 0.1) is 24.4 Å². The fraction of sp³-hybridized carbons (Fsp3) is 0.714. The van der Waals surface area contributed by atoms with Crippen molar-refractivity contribution in [3.05, 3.63) is 16.9 Å². The van der Waals surface area contributed by atoms with Gasteiger partial charge in [0, 0.05) is 7.11 Å². The van der Waals surface area contributed by atoms with Crippen molar-refractivity contribution in [3.63, 3.8) is 0 Å². The Morgan fingerprint density at radius 2 is 2.25 bits per heavy atom. The summed E-state index contributed by atoms with van der Waals surface area (Å²) in [4.78, 5) is 12.7. The summed E-state index contributed by atoms with van der Waals surface area (Å²) in [5.41, 5.74) is -1.01. The van der Waals surface area contributed by atoms with Crippen LogP contribution in [0.5, 0.6) is 0 Å². The number of rotatable bonds is 5. The molecule has 1 aromatic heterocycles. The van der Waals surface area contributed by atoms with Crippen LogP contribution >= 0.6 is 11.6 Å². The first-order valence-electron chi connectivity index (χ1n) is 6.95. The topological polar surface area (TPSA) is 64.4 Å². The van der Waals surface area contributed by atoms with Crippen molar-refractivity contribution in [1.82, 2.24) is 9.78 Å². The Kier molecular flexibility index (Phi) is 4.83. The maximum absolute atomic E-state index is 12.7. The quantitative estimate of drug-likeness (QED) is 0.848. The number of nitrogens with zero attached hydrogens (tertiary/aromatic N) is 2. The Balaban J connectivity index is 2.22. The lowest BCUT2D eigenvalue weighted by Crippen LogP contribution is -2.43. The molecule has 0 spiro atoms. The molecule has 6 heteroatoms. The van der Waals surface area contributed by atoms with Crippen LogP contribution in [-0.2, 0) is 11.3 Å². The van der Waals surface area contributed by atoms with E-state index in [9.17, 15) is 9.90 Å². The van der Waals surface area contributed by atoms with Crippen molar-refractivity contribution in [2.75, 3.05) is 13.7 Å². The third-order valence-electron chi connectivity index (χ3n) is 4.04. The molecule has 1 heterocycles. The molecule has 112 valence electrons. The SMILES string of the molecule is COCCn1ncc(Cl)c1C(=O)C1(O)CCC(C)CC1. The Morgan fingerprint density at radius 1 is 1.60 bits per heavy atom. The molecule has 0 atom stereocenters. The van der Waals surface area contributed by atoms with Crippen LogP contribution in [0.2, 0.25) is 5.02 Å². The highest BCUT2D eigenvalue weighted by Crippen LogP contribution is 2.35. The normalized spacial score (nSPS) is 26.7. The second-order valence-electron chi connectivity index (χ2n) is 5.60. The van der Waals surface area contributed by atoms with Crippen LogP contribution in [0, 0.1) is 5.92 Å². The highest BCUT2D eigenvalue weighted by molar-refractivity contribution is 6.34. The number of carbonyl (C=O) groups is 1. The zero-order valence-electron chi connectivity index (χ0n) is 11.9. The van der Waals surface area contributed by atoms with Crippen LogP contribution < -0.4 is 0 Å². The van der Waals surface area contributed by atoms with Gasteiger partial charge in [0.25, 0.3) is 0 Å². The molecule has 0 bridgehead atoms. The summed E-state index contributed by atoms with van der Waals surface area (Å²) in [7, 11) is 1.59. The molecule has 1 N–H and O–H groups in total. The number of hydrogen-bond donors (Lipinski definition) is 1. The number of carbonyl (C=O) groups excluding carboxylic acids is 1. The molecule has 5 nitrogen and oxygen atoms in total. The molecule has 1 aliphatic rings. The van der Waals surface area contributed by atoms with E-state index in [-0.39, 0.29) is 10.8 Å². The van der Waals surface area contributed by atoms with Crippen LogP contribution in [0.1, 0.15) is 43.1 Å². The van der Waals surface area contributed by atoms with Crippen molar-refractivity contribution in [2.45, 2.75) is 44.8 Å². The summed E-state index contributed by atoms with van der Waals surface area (Å²) in [6.45, 7) is 3.02. The van der Waals surface area contributed by atoms with Gasteiger partial charge in [-0.1, -0.05) is 18.5 Å². The highest BCUT2D eigenvalue weighted by atomic mass is 35.5. The third kappa shape index (κ3) is 3.05. The molecule has 1 fully saturated rings. The molecule has 1 saturated carbocycles. The summed E-state index contributed by atoms with van der Waals surface area (Å²) in [6, 6.07) is 0. The monoisotopic (exact) mass is 300 g/mol. The number of aliphatic hydroxyl groups is 1. The largest absolute Gasteiger partial charge is 0.383 e. The van der Waals surface area contributed by atoms with Crippen LogP contribution in [-0.4, -0.2) is 40.0 Å². The number of halogens is 1. The van der Waals surface area contributed by atoms with Gasteiger partial charge in [-0.15, -0.1) is 0 Å². The van der Waals surface area contributed by atoms with Crippen molar-refractivity contribution in [1.29, 1.82) is 0 Å². The second-order valence-corrected chi connectivity index (χ2v) is 6.01. The zero-order valence-corrected chi connectivity index (χ0v) is 12.7. The Labute approximate surface area is 123 Å². The van der Waals surface area contributed by atoms with E-state index >= 15 is 0 Å². The minimum atomic E-state index is -1.30. The van der Waals surface area contributed by atoms with Crippen LogP contribution in [0.25, 0.3) is 0 Å². The average molecular weight is 301 g/mol. The zero-order chi connectivity index (χ0) is 14.8. The molecule has 0 radical (unpaired) electrons. The highest BCUT2D eigenvalue weighted by Gasteiger charge is 2.41. The summed E-state index contributed by atoms with van der Waals surface area (Å²) in [6.07, 6.45) is 4.12. The number of hydrogen-bond acceptors (Lipinski definition) is 4. The molecule has 2 rings (SSSR count). The number of methoxy groups -OCH3 is 1. The van der Waals surface area contributed by atoms with E-state index in [0.29, 0.717) is 37.6 Å². The molecule has 0 saturated heterocycles. The summed E-state index contributed by atoms with van der Waals surface area (Å²) < 4.78 is 6.51. The minimum Gasteiger partial charge on any atom is -0.383 e. The van der Waals surface area contributed by atoms with E-state index in [1.807, 2.05) is 0 Å². The lowest BCUT2D eigenvalue weighted by atomic mass is 9.76. The van der Waals surface area contributed by atoms with Gasteiger partial charge in [0.2, 0.25) is 5.78 Å². The molecule has 20 heavy (non-hydrogen) atoms. The molecule has 0 aromatic carbocycles. The number of aromatic nitrogens is 2. The van der Waals surface area contributed by atoms with Gasteiger partial charge in [-0.3, -0.25) is 9.48 Å². The van der Waals surface area contributed by atoms with E-state index in [1.165, 1.54) is 10.9 Å². The number of ether oxygens (including phenoxy) is 1. The minimum absolute atomic E-state index is 0.290. The Bertz CT molecular complexity index is 479. The Hall–Kier alpha value is -0.910. The van der Waals surface area contributed by atoms with Crippen molar-refractivity contribution < 1.29 is 14.6 Å². The van der Waals surface area contributed by atoms with E-state index in [2.05, 4.69) is 12.0 Å². The summed E-state index contributed by atoms with van der Waals surface area (Å²) in [5.74, 6) is 0.236. The van der Waals surface area contributed by atoms with Crippen molar-refractivity contribution in [3.8, 4) is 0 Å². The van der Waals surface area contributed by atoms with Gasteiger partial charge >= 0.3 is 0 Å². The standard InChI is InChI=1S/C14H21ClN2O3/c1-10-3-5-14(19,6-4-10)13(18)12-11(15)9-16-17(12)7-8-20-2/h9-10,19H,3-8H2,1-2H3. The molecule has 0 aliphatic heterocycles. The fourth-order valence-corrected chi connectivity index (χ4v) is 2.85. The van der Waals surface area contributed by atoms with Gasteiger partial charge in [0.15, 0.2) is 0 Å². The van der Waals surface area contributed by atoms with Gasteiger partial charge in [-0.05, 0) is 31.6 Å². The lowest BCUT2D eigenvalue weighted by molar-refractivity contribution is 0.00326. The number of ketones is 1. The molecular formula is C14H21ClN2O3. The van der Waals surface area contributed by atoms with Gasteiger partial charge < -0.3 is 9.84 Å². The fourth-order valence-electron chi connectivity index (χ4n) is 2.62.